The molecule has 3 N–H and O–H groups in total. The molecule has 0 spiro atoms. The molecule has 1 heterocycles. The lowest BCUT2D eigenvalue weighted by atomic mass is 10.0. The van der Waals surface area contributed by atoms with Gasteiger partial charge in [-0.25, -0.2) is 4.79 Å². The summed E-state index contributed by atoms with van der Waals surface area (Å²) in [5.74, 6) is -0.0120. The van der Waals surface area contributed by atoms with Crippen LogP contribution in [0.15, 0.2) is 0 Å². The molecule has 7 heteroatoms. The minimum atomic E-state index is -0.435. The van der Waals surface area contributed by atoms with Crippen molar-refractivity contribution in [1.29, 1.82) is 0 Å². The molecule has 2 rings (SSSR count). The molecule has 1 aromatic rings. The van der Waals surface area contributed by atoms with Crippen LogP contribution in [0.5, 0.6) is 0 Å². The Hall–Kier alpha value is -1.21. The summed E-state index contributed by atoms with van der Waals surface area (Å²) >= 11 is 2.98. The average molecular weight is 357 g/mol. The van der Waals surface area contributed by atoms with Gasteiger partial charge >= 0.3 is 5.97 Å². The molecular formula is C16H24N2O3S2. The van der Waals surface area contributed by atoms with Crippen molar-refractivity contribution < 1.29 is 14.3 Å². The Bertz CT molecular complexity index is 566. The summed E-state index contributed by atoms with van der Waals surface area (Å²) in [4.78, 5) is 24.9. The number of rotatable bonds is 6. The number of hydrogen-bond acceptors (Lipinski definition) is 6. The second-order valence-corrected chi connectivity index (χ2v) is 7.86. The van der Waals surface area contributed by atoms with E-state index in [1.807, 2.05) is 11.8 Å². The van der Waals surface area contributed by atoms with Crippen LogP contribution in [0.25, 0.3) is 0 Å². The fourth-order valence-corrected chi connectivity index (χ4v) is 5.25. The number of carbonyl (C=O) groups excluding carboxylic acids is 2. The quantitative estimate of drug-likeness (QED) is 0.763. The Morgan fingerprint density at radius 3 is 2.65 bits per heavy atom. The maximum absolute atomic E-state index is 12.2. The van der Waals surface area contributed by atoms with E-state index in [0.29, 0.717) is 33.1 Å². The van der Waals surface area contributed by atoms with Crippen LogP contribution in [-0.4, -0.2) is 30.8 Å². The SMILES string of the molecule is CCOC(=O)c1c(N)sc(C(=O)NC)c1CSC1CCCCC1. The minimum Gasteiger partial charge on any atom is -0.462 e. The van der Waals surface area contributed by atoms with Crippen molar-refractivity contribution in [2.24, 2.45) is 0 Å². The van der Waals surface area contributed by atoms with Gasteiger partial charge in [-0.2, -0.15) is 11.8 Å². The van der Waals surface area contributed by atoms with Crippen LogP contribution in [0, 0.1) is 0 Å². The highest BCUT2D eigenvalue weighted by atomic mass is 32.2. The first kappa shape index (κ1) is 18.1. The molecule has 0 saturated heterocycles. The third kappa shape index (κ3) is 4.41. The van der Waals surface area contributed by atoms with Gasteiger partial charge in [0, 0.05) is 23.6 Å². The number of nitrogens with two attached hydrogens (primary N) is 1. The average Bonchev–Trinajstić information content (AvgIpc) is 2.90. The predicted molar refractivity (Wildman–Crippen MR) is 96.2 cm³/mol. The van der Waals surface area contributed by atoms with E-state index in [4.69, 9.17) is 10.5 Å². The highest BCUT2D eigenvalue weighted by molar-refractivity contribution is 7.99. The van der Waals surface area contributed by atoms with Gasteiger partial charge in [-0.05, 0) is 19.8 Å². The molecule has 0 aliphatic heterocycles. The number of nitrogen functional groups attached to an aromatic ring is 1. The number of thiophene rings is 1. The Balaban J connectivity index is 2.24. The first-order valence-corrected chi connectivity index (χ1v) is 9.86. The number of anilines is 1. The second kappa shape index (κ2) is 8.59. The van der Waals surface area contributed by atoms with E-state index in [1.54, 1.807) is 14.0 Å². The number of ether oxygens (including phenoxy) is 1. The first-order valence-electron chi connectivity index (χ1n) is 8.00. The molecule has 1 aliphatic carbocycles. The van der Waals surface area contributed by atoms with Gasteiger partial charge < -0.3 is 15.8 Å². The minimum absolute atomic E-state index is 0.198. The van der Waals surface area contributed by atoms with Gasteiger partial charge in [0.05, 0.1) is 17.0 Å². The summed E-state index contributed by atoms with van der Waals surface area (Å²) in [6.07, 6.45) is 6.23. The van der Waals surface area contributed by atoms with Crippen molar-refractivity contribution in [2.45, 2.75) is 50.0 Å². The smallest absolute Gasteiger partial charge is 0.341 e. The van der Waals surface area contributed by atoms with Gasteiger partial charge in [-0.3, -0.25) is 4.79 Å². The lowest BCUT2D eigenvalue weighted by Crippen LogP contribution is -2.19. The summed E-state index contributed by atoms with van der Waals surface area (Å²) in [7, 11) is 1.58. The van der Waals surface area contributed by atoms with Crippen LogP contribution >= 0.6 is 23.1 Å². The molecule has 0 atom stereocenters. The van der Waals surface area contributed by atoms with E-state index < -0.39 is 5.97 Å². The van der Waals surface area contributed by atoms with Crippen LogP contribution in [0.4, 0.5) is 5.00 Å². The molecule has 128 valence electrons. The summed E-state index contributed by atoms with van der Waals surface area (Å²) in [6.45, 7) is 2.05. The summed E-state index contributed by atoms with van der Waals surface area (Å²) in [5.41, 5.74) is 7.10. The Morgan fingerprint density at radius 1 is 1.35 bits per heavy atom. The van der Waals surface area contributed by atoms with Crippen LogP contribution in [0.3, 0.4) is 0 Å². The summed E-state index contributed by atoms with van der Waals surface area (Å²) in [6, 6.07) is 0. The normalized spacial score (nSPS) is 15.4. The maximum atomic E-state index is 12.2. The summed E-state index contributed by atoms with van der Waals surface area (Å²) in [5, 5.41) is 3.58. The number of nitrogens with one attached hydrogen (secondary N) is 1. The van der Waals surface area contributed by atoms with Gasteiger partial charge in [0.15, 0.2) is 0 Å². The number of amides is 1. The highest BCUT2D eigenvalue weighted by Gasteiger charge is 2.27. The van der Waals surface area contributed by atoms with Gasteiger partial charge in [0.2, 0.25) is 0 Å². The lowest BCUT2D eigenvalue weighted by molar-refractivity contribution is 0.0527. The fourth-order valence-electron chi connectivity index (χ4n) is 2.78. The fraction of sp³-hybridized carbons (Fsp3) is 0.625. The van der Waals surface area contributed by atoms with Gasteiger partial charge in [-0.15, -0.1) is 11.3 Å². The van der Waals surface area contributed by atoms with Crippen molar-refractivity contribution in [1.82, 2.24) is 5.32 Å². The lowest BCUT2D eigenvalue weighted by Gasteiger charge is -2.21. The third-order valence-electron chi connectivity index (χ3n) is 3.96. The van der Waals surface area contributed by atoms with E-state index in [2.05, 4.69) is 5.32 Å². The molecular weight excluding hydrogens is 332 g/mol. The molecule has 1 saturated carbocycles. The van der Waals surface area contributed by atoms with Crippen LogP contribution in [0.2, 0.25) is 0 Å². The van der Waals surface area contributed by atoms with Crippen molar-refractivity contribution in [3.8, 4) is 0 Å². The van der Waals surface area contributed by atoms with Crippen molar-refractivity contribution in [3.05, 3.63) is 16.0 Å². The highest BCUT2D eigenvalue weighted by Crippen LogP contribution is 2.37. The third-order valence-corrected chi connectivity index (χ3v) is 6.42. The molecule has 1 amide bonds. The second-order valence-electron chi connectivity index (χ2n) is 5.52. The Morgan fingerprint density at radius 2 is 2.04 bits per heavy atom. The topological polar surface area (TPSA) is 81.4 Å². The number of carbonyl (C=O) groups is 2. The molecule has 0 radical (unpaired) electrons. The molecule has 0 unspecified atom stereocenters. The predicted octanol–water partition coefficient (Wildman–Crippen LogP) is 3.43. The van der Waals surface area contributed by atoms with E-state index in [1.165, 1.54) is 43.4 Å². The largest absolute Gasteiger partial charge is 0.462 e. The molecule has 1 aromatic heterocycles. The standard InChI is InChI=1S/C16H24N2O3S2/c1-3-21-16(20)12-11(9-22-10-7-5-4-6-8-10)13(15(19)18-2)23-14(12)17/h10H,3-9,17H2,1-2H3,(H,18,19). The van der Waals surface area contributed by atoms with E-state index in [9.17, 15) is 9.59 Å². The molecule has 0 bridgehead atoms. The Kier molecular flexibility index (Phi) is 6.77. The van der Waals surface area contributed by atoms with Gasteiger partial charge in [-0.1, -0.05) is 19.3 Å². The van der Waals surface area contributed by atoms with E-state index in [-0.39, 0.29) is 5.91 Å². The van der Waals surface area contributed by atoms with Crippen molar-refractivity contribution >= 4 is 40.0 Å². The number of esters is 1. The van der Waals surface area contributed by atoms with Crippen LogP contribution in [0.1, 0.15) is 64.6 Å². The van der Waals surface area contributed by atoms with Gasteiger partial charge in [0.25, 0.3) is 5.91 Å². The number of thioether (sulfide) groups is 1. The Labute approximate surface area is 145 Å². The van der Waals surface area contributed by atoms with E-state index >= 15 is 0 Å². The summed E-state index contributed by atoms with van der Waals surface area (Å²) < 4.78 is 5.11. The zero-order valence-corrected chi connectivity index (χ0v) is 15.3. The molecule has 1 fully saturated rings. The molecule has 5 nitrogen and oxygen atoms in total. The first-order chi connectivity index (χ1) is 11.1. The van der Waals surface area contributed by atoms with Crippen LogP contribution < -0.4 is 11.1 Å². The van der Waals surface area contributed by atoms with Crippen molar-refractivity contribution in [2.75, 3.05) is 19.4 Å². The maximum Gasteiger partial charge on any atom is 0.341 e. The molecule has 1 aliphatic rings. The zero-order valence-electron chi connectivity index (χ0n) is 13.6. The van der Waals surface area contributed by atoms with Crippen molar-refractivity contribution in [3.63, 3.8) is 0 Å². The monoisotopic (exact) mass is 356 g/mol. The molecule has 23 heavy (non-hydrogen) atoms. The number of hydrogen-bond donors (Lipinski definition) is 2. The van der Waals surface area contributed by atoms with Crippen LogP contribution in [-0.2, 0) is 10.5 Å². The van der Waals surface area contributed by atoms with Gasteiger partial charge in [0.1, 0.15) is 5.00 Å². The van der Waals surface area contributed by atoms with E-state index in [0.717, 1.165) is 5.56 Å². The zero-order chi connectivity index (χ0) is 16.8. The molecule has 0 aromatic carbocycles.